The predicted molar refractivity (Wildman–Crippen MR) is 81.2 cm³/mol. The van der Waals surface area contributed by atoms with Gasteiger partial charge < -0.3 is 11.1 Å². The second-order valence-electron chi connectivity index (χ2n) is 3.88. The van der Waals surface area contributed by atoms with Gasteiger partial charge >= 0.3 is 0 Å². The van der Waals surface area contributed by atoms with Crippen LogP contribution in [0.2, 0.25) is 0 Å². The van der Waals surface area contributed by atoms with E-state index < -0.39 is 0 Å². The molecule has 2 aromatic rings. The first-order valence-corrected chi connectivity index (χ1v) is 6.58. The Morgan fingerprint density at radius 2 is 2.21 bits per heavy atom. The molecule has 0 fully saturated rings. The van der Waals surface area contributed by atoms with E-state index in [1.165, 1.54) is 0 Å². The third kappa shape index (κ3) is 3.18. The van der Waals surface area contributed by atoms with E-state index in [2.05, 4.69) is 26.3 Å². The number of nitrogens with zero attached hydrogens (tertiary/aromatic N) is 2. The lowest BCUT2D eigenvalue weighted by Crippen LogP contribution is -2.18. The van der Waals surface area contributed by atoms with Crippen LogP contribution >= 0.6 is 28.1 Å². The highest BCUT2D eigenvalue weighted by molar-refractivity contribution is 9.10. The van der Waals surface area contributed by atoms with Crippen LogP contribution in [0.3, 0.4) is 0 Å². The van der Waals surface area contributed by atoms with Crippen LogP contribution < -0.4 is 11.1 Å². The molecule has 0 saturated carbocycles. The maximum atomic E-state index is 12.0. The van der Waals surface area contributed by atoms with Crippen molar-refractivity contribution in [2.24, 2.45) is 12.8 Å². The summed E-state index contributed by atoms with van der Waals surface area (Å²) in [6.45, 7) is 0. The largest absolute Gasteiger partial charge is 0.389 e. The molecule has 0 saturated heterocycles. The standard InChI is InChI=1S/C12H11BrN4OS/c1-17-5-4-10(16-17)12(18)15-9-3-2-7(13)6-8(9)11(14)19/h2-6H,1H3,(H2,14,19)(H,15,18). The minimum Gasteiger partial charge on any atom is -0.389 e. The van der Waals surface area contributed by atoms with Crippen molar-refractivity contribution in [3.63, 3.8) is 0 Å². The van der Waals surface area contributed by atoms with Crippen LogP contribution in [0.5, 0.6) is 0 Å². The van der Waals surface area contributed by atoms with Crippen molar-refractivity contribution in [2.45, 2.75) is 0 Å². The van der Waals surface area contributed by atoms with Gasteiger partial charge in [-0.1, -0.05) is 28.1 Å². The van der Waals surface area contributed by atoms with Gasteiger partial charge in [0.05, 0.1) is 5.69 Å². The number of aryl methyl sites for hydroxylation is 1. The summed E-state index contributed by atoms with van der Waals surface area (Å²) in [4.78, 5) is 12.2. The number of benzene rings is 1. The number of aromatic nitrogens is 2. The molecular formula is C12H11BrN4OS. The fraction of sp³-hybridized carbons (Fsp3) is 0.0833. The maximum absolute atomic E-state index is 12.0. The molecular weight excluding hydrogens is 328 g/mol. The van der Waals surface area contributed by atoms with Crippen molar-refractivity contribution in [2.75, 3.05) is 5.32 Å². The monoisotopic (exact) mass is 338 g/mol. The highest BCUT2D eigenvalue weighted by Gasteiger charge is 2.13. The zero-order chi connectivity index (χ0) is 14.0. The lowest BCUT2D eigenvalue weighted by atomic mass is 10.1. The van der Waals surface area contributed by atoms with Gasteiger partial charge in [-0.25, -0.2) is 0 Å². The van der Waals surface area contributed by atoms with Gasteiger partial charge in [-0.3, -0.25) is 9.48 Å². The van der Waals surface area contributed by atoms with E-state index in [-0.39, 0.29) is 10.9 Å². The Morgan fingerprint density at radius 1 is 1.47 bits per heavy atom. The van der Waals surface area contributed by atoms with E-state index in [1.807, 2.05) is 0 Å². The molecule has 1 aromatic carbocycles. The Bertz CT molecular complexity index is 653. The van der Waals surface area contributed by atoms with Crippen LogP contribution in [0, 0.1) is 0 Å². The molecule has 1 aromatic heterocycles. The number of carbonyl (C=O) groups is 1. The fourth-order valence-corrected chi connectivity index (χ4v) is 2.08. The summed E-state index contributed by atoms with van der Waals surface area (Å²) in [5, 5.41) is 6.78. The van der Waals surface area contributed by atoms with Crippen molar-refractivity contribution in [1.82, 2.24) is 9.78 Å². The molecule has 3 N–H and O–H groups in total. The van der Waals surface area contributed by atoms with Crippen molar-refractivity contribution < 1.29 is 4.79 Å². The van der Waals surface area contributed by atoms with Crippen LogP contribution in [-0.4, -0.2) is 20.7 Å². The summed E-state index contributed by atoms with van der Waals surface area (Å²) in [6.07, 6.45) is 1.70. The molecule has 5 nitrogen and oxygen atoms in total. The third-order valence-corrected chi connectivity index (χ3v) is 3.15. The second kappa shape index (κ2) is 5.50. The zero-order valence-electron chi connectivity index (χ0n) is 10.1. The van der Waals surface area contributed by atoms with Crippen molar-refractivity contribution in [3.05, 3.63) is 46.2 Å². The van der Waals surface area contributed by atoms with Crippen LogP contribution in [0.15, 0.2) is 34.9 Å². The topological polar surface area (TPSA) is 72.9 Å². The highest BCUT2D eigenvalue weighted by atomic mass is 79.9. The Morgan fingerprint density at radius 3 is 2.79 bits per heavy atom. The molecule has 0 unspecified atom stereocenters. The molecule has 0 atom stereocenters. The first-order valence-electron chi connectivity index (χ1n) is 5.37. The summed E-state index contributed by atoms with van der Waals surface area (Å²) in [5.74, 6) is -0.305. The number of thiocarbonyl (C=S) groups is 1. The highest BCUT2D eigenvalue weighted by Crippen LogP contribution is 2.21. The third-order valence-electron chi connectivity index (χ3n) is 2.44. The Kier molecular flexibility index (Phi) is 3.96. The van der Waals surface area contributed by atoms with Gasteiger partial charge in [0.1, 0.15) is 4.99 Å². The van der Waals surface area contributed by atoms with Gasteiger partial charge in [-0.15, -0.1) is 0 Å². The molecule has 1 amide bonds. The quantitative estimate of drug-likeness (QED) is 0.840. The molecule has 0 bridgehead atoms. The molecule has 0 radical (unpaired) electrons. The lowest BCUT2D eigenvalue weighted by Gasteiger charge is -2.09. The molecule has 0 aliphatic carbocycles. The van der Waals surface area contributed by atoms with Crippen molar-refractivity contribution >= 4 is 44.7 Å². The van der Waals surface area contributed by atoms with E-state index in [9.17, 15) is 4.79 Å². The summed E-state index contributed by atoms with van der Waals surface area (Å²) < 4.78 is 2.40. The number of hydrogen-bond donors (Lipinski definition) is 2. The molecule has 7 heteroatoms. The van der Waals surface area contributed by atoms with E-state index in [4.69, 9.17) is 18.0 Å². The van der Waals surface area contributed by atoms with Crippen LogP contribution in [0.25, 0.3) is 0 Å². The van der Waals surface area contributed by atoms with Crippen molar-refractivity contribution in [1.29, 1.82) is 0 Å². The number of nitrogens with one attached hydrogen (secondary N) is 1. The molecule has 0 spiro atoms. The van der Waals surface area contributed by atoms with Gasteiger partial charge in [0.25, 0.3) is 5.91 Å². The minimum absolute atomic E-state index is 0.220. The predicted octanol–water partition coefficient (Wildman–Crippen LogP) is 2.07. The van der Waals surface area contributed by atoms with Gasteiger partial charge in [-0.2, -0.15) is 5.10 Å². The molecule has 98 valence electrons. The molecule has 0 aliphatic rings. The lowest BCUT2D eigenvalue weighted by molar-refractivity contribution is 0.102. The van der Waals surface area contributed by atoms with E-state index in [0.717, 1.165) is 4.47 Å². The van der Waals surface area contributed by atoms with Gasteiger partial charge in [0, 0.05) is 23.3 Å². The first-order chi connectivity index (χ1) is 8.97. The number of hydrogen-bond acceptors (Lipinski definition) is 3. The van der Waals surface area contributed by atoms with Gasteiger partial charge in [0.2, 0.25) is 0 Å². The molecule has 1 heterocycles. The van der Waals surface area contributed by atoms with Crippen molar-refractivity contribution in [3.8, 4) is 0 Å². The summed E-state index contributed by atoms with van der Waals surface area (Å²) in [7, 11) is 1.75. The minimum atomic E-state index is -0.305. The summed E-state index contributed by atoms with van der Waals surface area (Å²) in [6, 6.07) is 6.93. The maximum Gasteiger partial charge on any atom is 0.276 e. The number of rotatable bonds is 3. The molecule has 19 heavy (non-hydrogen) atoms. The number of halogens is 1. The SMILES string of the molecule is Cn1ccc(C(=O)Nc2ccc(Br)cc2C(N)=S)n1. The van der Waals surface area contributed by atoms with E-state index in [1.54, 1.807) is 42.2 Å². The molecule has 0 aliphatic heterocycles. The summed E-state index contributed by atoms with van der Waals surface area (Å²) in [5.41, 5.74) is 7.14. The Hall–Kier alpha value is -1.73. The number of anilines is 1. The Labute approximate surface area is 123 Å². The smallest absolute Gasteiger partial charge is 0.276 e. The number of amides is 1. The average molecular weight is 339 g/mol. The second-order valence-corrected chi connectivity index (χ2v) is 5.24. The zero-order valence-corrected chi connectivity index (χ0v) is 12.5. The average Bonchev–Trinajstić information content (AvgIpc) is 2.78. The van der Waals surface area contributed by atoms with E-state index in [0.29, 0.717) is 16.9 Å². The van der Waals surface area contributed by atoms with Gasteiger partial charge in [-0.05, 0) is 24.3 Å². The Balaban J connectivity index is 2.28. The summed E-state index contributed by atoms with van der Waals surface area (Å²) >= 11 is 8.30. The van der Waals surface area contributed by atoms with E-state index >= 15 is 0 Å². The van der Waals surface area contributed by atoms with Crippen LogP contribution in [0.1, 0.15) is 16.1 Å². The fourth-order valence-electron chi connectivity index (χ4n) is 1.55. The number of nitrogens with two attached hydrogens (primary N) is 1. The normalized spacial score (nSPS) is 10.2. The van der Waals surface area contributed by atoms with Crippen LogP contribution in [-0.2, 0) is 7.05 Å². The number of carbonyl (C=O) groups excluding carboxylic acids is 1. The van der Waals surface area contributed by atoms with Gasteiger partial charge in [0.15, 0.2) is 5.69 Å². The first kappa shape index (κ1) is 13.7. The van der Waals surface area contributed by atoms with Crippen LogP contribution in [0.4, 0.5) is 5.69 Å². The molecule has 2 rings (SSSR count).